The zero-order chi connectivity index (χ0) is 16.3. The number of anilines is 1. The van der Waals surface area contributed by atoms with Crippen molar-refractivity contribution in [1.82, 2.24) is 0 Å². The van der Waals surface area contributed by atoms with Gasteiger partial charge in [0.05, 0.1) is 17.2 Å². The van der Waals surface area contributed by atoms with E-state index in [2.05, 4.69) is 5.32 Å². The number of nitrogens with one attached hydrogen (secondary N) is 1. The average Bonchev–Trinajstić information content (AvgIpc) is 2.79. The smallest absolute Gasteiger partial charge is 0.348 e. The Kier molecular flexibility index (Phi) is 5.52. The number of ether oxygens (including phenoxy) is 1. The molecular formula is C15H13FINO3S. The number of aryl methyl sites for hydroxylation is 1. The van der Waals surface area contributed by atoms with Crippen molar-refractivity contribution < 1.29 is 18.7 Å². The topological polar surface area (TPSA) is 55.4 Å². The van der Waals surface area contributed by atoms with Crippen molar-refractivity contribution in [2.24, 2.45) is 0 Å². The van der Waals surface area contributed by atoms with Crippen LogP contribution in [0.25, 0.3) is 0 Å². The Morgan fingerprint density at radius 3 is 2.73 bits per heavy atom. The molecule has 0 saturated heterocycles. The molecule has 116 valence electrons. The van der Waals surface area contributed by atoms with Gasteiger partial charge in [0, 0.05) is 3.57 Å². The summed E-state index contributed by atoms with van der Waals surface area (Å²) >= 11 is 3.06. The summed E-state index contributed by atoms with van der Waals surface area (Å²) in [4.78, 5) is 24.4. The van der Waals surface area contributed by atoms with Gasteiger partial charge in [-0.3, -0.25) is 4.79 Å². The molecule has 0 radical (unpaired) electrons. The van der Waals surface area contributed by atoms with Crippen LogP contribution < -0.4 is 5.32 Å². The maximum Gasteiger partial charge on any atom is 0.348 e. The zero-order valence-corrected chi connectivity index (χ0v) is 14.9. The maximum atomic E-state index is 13.1. The Labute approximate surface area is 144 Å². The molecule has 1 N–H and O–H groups in total. The molecule has 7 heteroatoms. The number of amides is 1. The van der Waals surface area contributed by atoms with Crippen molar-refractivity contribution in [3.8, 4) is 0 Å². The number of benzene rings is 1. The van der Waals surface area contributed by atoms with Crippen LogP contribution in [0.1, 0.15) is 32.5 Å². The van der Waals surface area contributed by atoms with E-state index in [9.17, 15) is 14.0 Å². The van der Waals surface area contributed by atoms with Crippen LogP contribution in [-0.4, -0.2) is 18.5 Å². The fraction of sp³-hybridized carbons (Fsp3) is 0.200. The van der Waals surface area contributed by atoms with E-state index < -0.39 is 11.8 Å². The van der Waals surface area contributed by atoms with Crippen LogP contribution in [0.3, 0.4) is 0 Å². The predicted octanol–water partition coefficient (Wildman–Crippen LogP) is 4.23. The fourth-order valence-electron chi connectivity index (χ4n) is 1.80. The molecule has 1 amide bonds. The molecule has 0 aliphatic carbocycles. The van der Waals surface area contributed by atoms with Crippen LogP contribution in [0.15, 0.2) is 24.3 Å². The first-order chi connectivity index (χ1) is 10.4. The van der Waals surface area contributed by atoms with E-state index in [0.717, 1.165) is 16.9 Å². The summed E-state index contributed by atoms with van der Waals surface area (Å²) in [7, 11) is 0. The van der Waals surface area contributed by atoms with Crippen LogP contribution in [-0.2, 0) is 4.74 Å². The SMILES string of the molecule is CCOC(=O)c1sc(NC(=O)c2ccc(F)cc2I)cc1C. The quantitative estimate of drug-likeness (QED) is 0.580. The molecule has 0 spiro atoms. The number of hydrogen-bond donors (Lipinski definition) is 1. The lowest BCUT2D eigenvalue weighted by molar-refractivity contribution is 0.0531. The molecule has 0 atom stereocenters. The predicted molar refractivity (Wildman–Crippen MR) is 92.1 cm³/mol. The van der Waals surface area contributed by atoms with Crippen LogP contribution in [0.4, 0.5) is 9.39 Å². The van der Waals surface area contributed by atoms with Gasteiger partial charge in [0.2, 0.25) is 0 Å². The molecule has 1 heterocycles. The van der Waals surface area contributed by atoms with Crippen molar-refractivity contribution in [3.05, 3.63) is 49.7 Å². The number of carbonyl (C=O) groups excluding carboxylic acids is 2. The van der Waals surface area contributed by atoms with Crippen LogP contribution >= 0.6 is 33.9 Å². The third-order valence-corrected chi connectivity index (χ3v) is 4.82. The standard InChI is InChI=1S/C15H13FINO3S/c1-3-21-15(20)13-8(2)6-12(22-13)18-14(19)10-5-4-9(16)7-11(10)17/h4-7H,3H2,1-2H3,(H,18,19). The van der Waals surface area contributed by atoms with E-state index >= 15 is 0 Å². The normalized spacial score (nSPS) is 10.4. The molecule has 1 aromatic carbocycles. The lowest BCUT2D eigenvalue weighted by Gasteiger charge is -2.04. The van der Waals surface area contributed by atoms with Crippen molar-refractivity contribution in [2.45, 2.75) is 13.8 Å². The summed E-state index contributed by atoms with van der Waals surface area (Å²) in [6, 6.07) is 5.67. The van der Waals surface area contributed by atoms with E-state index in [-0.39, 0.29) is 5.91 Å². The summed E-state index contributed by atoms with van der Waals surface area (Å²) in [5.41, 5.74) is 1.12. The van der Waals surface area contributed by atoms with Gasteiger partial charge in [-0.1, -0.05) is 0 Å². The summed E-state index contributed by atoms with van der Waals surface area (Å²) in [5.74, 6) is -1.14. The third kappa shape index (κ3) is 3.83. The highest BCUT2D eigenvalue weighted by Gasteiger charge is 2.17. The van der Waals surface area contributed by atoms with Gasteiger partial charge < -0.3 is 10.1 Å². The lowest BCUT2D eigenvalue weighted by atomic mass is 10.2. The number of rotatable bonds is 4. The van der Waals surface area contributed by atoms with Crippen LogP contribution in [0, 0.1) is 16.3 Å². The number of thiophene rings is 1. The first kappa shape index (κ1) is 16.9. The minimum atomic E-state index is -0.401. The fourth-order valence-corrected chi connectivity index (χ4v) is 3.48. The largest absolute Gasteiger partial charge is 0.462 e. The molecule has 0 aliphatic rings. The Hall–Kier alpha value is -1.48. The summed E-state index contributed by atoms with van der Waals surface area (Å²) < 4.78 is 18.6. The minimum Gasteiger partial charge on any atom is -0.462 e. The number of hydrogen-bond acceptors (Lipinski definition) is 4. The average molecular weight is 433 g/mol. The molecule has 22 heavy (non-hydrogen) atoms. The van der Waals surface area contributed by atoms with E-state index in [1.54, 1.807) is 19.9 Å². The second kappa shape index (κ2) is 7.19. The molecule has 0 saturated carbocycles. The molecular weight excluding hydrogens is 420 g/mol. The Morgan fingerprint density at radius 1 is 1.36 bits per heavy atom. The first-order valence-corrected chi connectivity index (χ1v) is 8.35. The minimum absolute atomic E-state index is 0.297. The summed E-state index contributed by atoms with van der Waals surface area (Å²) in [5, 5.41) is 3.27. The molecule has 0 fully saturated rings. The van der Waals surface area contributed by atoms with Gasteiger partial charge in [-0.25, -0.2) is 9.18 Å². The van der Waals surface area contributed by atoms with Crippen LogP contribution in [0.5, 0.6) is 0 Å². The van der Waals surface area contributed by atoms with Crippen molar-refractivity contribution in [1.29, 1.82) is 0 Å². The summed E-state index contributed by atoms with van der Waals surface area (Å²) in [6.45, 7) is 3.81. The Bertz CT molecular complexity index is 730. The number of halogens is 2. The second-order valence-corrected chi connectivity index (χ2v) is 6.64. The molecule has 2 rings (SSSR count). The van der Waals surface area contributed by atoms with Gasteiger partial charge in [-0.15, -0.1) is 11.3 Å². The van der Waals surface area contributed by atoms with E-state index in [1.165, 1.54) is 18.2 Å². The van der Waals surface area contributed by atoms with Gasteiger partial charge in [0.1, 0.15) is 10.7 Å². The molecule has 0 aliphatic heterocycles. The second-order valence-electron chi connectivity index (χ2n) is 4.42. The highest BCUT2D eigenvalue weighted by atomic mass is 127. The van der Waals surface area contributed by atoms with E-state index in [1.807, 2.05) is 22.6 Å². The summed E-state index contributed by atoms with van der Waals surface area (Å²) in [6.07, 6.45) is 0. The highest BCUT2D eigenvalue weighted by molar-refractivity contribution is 14.1. The van der Waals surface area contributed by atoms with Crippen molar-refractivity contribution in [2.75, 3.05) is 11.9 Å². The van der Waals surface area contributed by atoms with Gasteiger partial charge >= 0.3 is 5.97 Å². The van der Waals surface area contributed by atoms with Gasteiger partial charge in [-0.05, 0) is 66.3 Å². The maximum absolute atomic E-state index is 13.1. The van der Waals surface area contributed by atoms with Crippen LogP contribution in [0.2, 0.25) is 0 Å². The van der Waals surface area contributed by atoms with Gasteiger partial charge in [0.15, 0.2) is 0 Å². The number of esters is 1. The molecule has 1 aromatic heterocycles. The van der Waals surface area contributed by atoms with Gasteiger partial charge in [0.25, 0.3) is 5.91 Å². The lowest BCUT2D eigenvalue weighted by Crippen LogP contribution is -2.12. The first-order valence-electron chi connectivity index (χ1n) is 6.46. The van der Waals surface area contributed by atoms with E-state index in [0.29, 0.717) is 25.6 Å². The highest BCUT2D eigenvalue weighted by Crippen LogP contribution is 2.28. The molecule has 0 unspecified atom stereocenters. The Morgan fingerprint density at radius 2 is 2.09 bits per heavy atom. The van der Waals surface area contributed by atoms with Gasteiger partial charge in [-0.2, -0.15) is 0 Å². The van der Waals surface area contributed by atoms with Crippen molar-refractivity contribution >= 4 is 50.8 Å². The molecule has 4 nitrogen and oxygen atoms in total. The third-order valence-electron chi connectivity index (χ3n) is 2.79. The number of carbonyl (C=O) groups is 2. The van der Waals surface area contributed by atoms with E-state index in [4.69, 9.17) is 4.74 Å². The molecule has 2 aromatic rings. The molecule has 0 bridgehead atoms. The Balaban J connectivity index is 2.18. The van der Waals surface area contributed by atoms with Crippen molar-refractivity contribution in [3.63, 3.8) is 0 Å². The zero-order valence-electron chi connectivity index (χ0n) is 11.9. The monoisotopic (exact) mass is 433 g/mol.